The van der Waals surface area contributed by atoms with Gasteiger partial charge in [0.05, 0.1) is 10.0 Å². The predicted octanol–water partition coefficient (Wildman–Crippen LogP) is 3.96. The number of carbonyl (C=O) groups excluding carboxylic acids is 2. The first-order valence-electron chi connectivity index (χ1n) is 9.06. The van der Waals surface area contributed by atoms with Gasteiger partial charge in [-0.3, -0.25) is 9.59 Å². The van der Waals surface area contributed by atoms with Crippen LogP contribution in [0.4, 0.5) is 4.39 Å². The van der Waals surface area contributed by atoms with Crippen molar-refractivity contribution in [3.8, 4) is 0 Å². The van der Waals surface area contributed by atoms with Gasteiger partial charge in [0.2, 0.25) is 5.91 Å². The van der Waals surface area contributed by atoms with Crippen molar-refractivity contribution >= 4 is 35.0 Å². The molecule has 29 heavy (non-hydrogen) atoms. The summed E-state index contributed by atoms with van der Waals surface area (Å²) in [5.74, 6) is -1.33. The van der Waals surface area contributed by atoms with E-state index in [1.807, 2.05) is 0 Å². The van der Waals surface area contributed by atoms with Gasteiger partial charge in [-0.15, -0.1) is 0 Å². The molecule has 2 aromatic carbocycles. The summed E-state index contributed by atoms with van der Waals surface area (Å²) in [7, 11) is 0. The first kappa shape index (κ1) is 21.6. The third-order valence-corrected chi connectivity index (χ3v) is 5.58. The minimum absolute atomic E-state index is 0.142. The highest BCUT2D eigenvalue weighted by molar-refractivity contribution is 6.42. The number of amides is 2. The summed E-state index contributed by atoms with van der Waals surface area (Å²) >= 11 is 11.9. The smallest absolute Gasteiger partial charge is 0.255 e. The monoisotopic (exact) mass is 438 g/mol. The van der Waals surface area contributed by atoms with Crippen molar-refractivity contribution in [2.24, 2.45) is 5.41 Å². The molecule has 5 nitrogen and oxygen atoms in total. The van der Waals surface area contributed by atoms with Crippen LogP contribution in [-0.2, 0) is 11.3 Å². The van der Waals surface area contributed by atoms with E-state index in [9.17, 15) is 19.1 Å². The first-order valence-corrected chi connectivity index (χ1v) is 9.81. The number of benzene rings is 2. The number of hydrogen-bond donors (Lipinski definition) is 2. The van der Waals surface area contributed by atoms with Gasteiger partial charge in [0, 0.05) is 30.7 Å². The number of hydrogen-bond acceptors (Lipinski definition) is 3. The minimum atomic E-state index is -0.984. The van der Waals surface area contributed by atoms with E-state index in [0.717, 1.165) is 5.56 Å². The van der Waals surface area contributed by atoms with Gasteiger partial charge in [-0.1, -0.05) is 43.1 Å². The van der Waals surface area contributed by atoms with E-state index < -0.39 is 23.2 Å². The highest BCUT2D eigenvalue weighted by atomic mass is 35.5. The molecule has 0 aromatic heterocycles. The number of aliphatic hydroxyl groups excluding tert-OH is 1. The summed E-state index contributed by atoms with van der Waals surface area (Å²) in [4.78, 5) is 27.3. The average Bonchev–Trinajstić information content (AvgIpc) is 2.93. The molecular formula is C21H21Cl2FN2O3. The Morgan fingerprint density at radius 1 is 1.21 bits per heavy atom. The van der Waals surface area contributed by atoms with Crippen LogP contribution in [-0.4, -0.2) is 35.0 Å². The Labute approximate surface area is 178 Å². The molecular weight excluding hydrogens is 418 g/mol. The zero-order valence-corrected chi connectivity index (χ0v) is 17.5. The SMILES string of the molecule is CC(C)(CO)CN1C(=O)c2ccc(F)cc2C1C(=O)NCc1ccc(Cl)c(Cl)c1. The molecule has 0 saturated carbocycles. The van der Waals surface area contributed by atoms with Crippen LogP contribution in [0.5, 0.6) is 0 Å². The lowest BCUT2D eigenvalue weighted by molar-refractivity contribution is -0.126. The zero-order valence-electron chi connectivity index (χ0n) is 16.0. The maximum absolute atomic E-state index is 13.9. The van der Waals surface area contributed by atoms with Gasteiger partial charge in [0.1, 0.15) is 11.9 Å². The normalized spacial score (nSPS) is 16.1. The Bertz CT molecular complexity index is 965. The Hall–Kier alpha value is -2.15. The molecule has 0 aliphatic carbocycles. The molecule has 1 atom stereocenters. The van der Waals surface area contributed by atoms with E-state index in [2.05, 4.69) is 5.32 Å². The van der Waals surface area contributed by atoms with Crippen molar-refractivity contribution in [1.29, 1.82) is 0 Å². The Morgan fingerprint density at radius 2 is 1.93 bits per heavy atom. The van der Waals surface area contributed by atoms with Crippen LogP contribution in [0.15, 0.2) is 36.4 Å². The molecule has 154 valence electrons. The second kappa shape index (κ2) is 8.30. The van der Waals surface area contributed by atoms with E-state index in [1.54, 1.807) is 32.0 Å². The Balaban J connectivity index is 1.87. The van der Waals surface area contributed by atoms with Crippen LogP contribution in [0.3, 0.4) is 0 Å². The molecule has 3 rings (SSSR count). The third-order valence-electron chi connectivity index (χ3n) is 4.84. The summed E-state index contributed by atoms with van der Waals surface area (Å²) in [5.41, 5.74) is 0.711. The number of fused-ring (bicyclic) bond motifs is 1. The van der Waals surface area contributed by atoms with Crippen LogP contribution in [0, 0.1) is 11.2 Å². The molecule has 2 amide bonds. The number of carbonyl (C=O) groups is 2. The lowest BCUT2D eigenvalue weighted by Gasteiger charge is -2.32. The molecule has 1 aliphatic heterocycles. The molecule has 8 heteroatoms. The highest BCUT2D eigenvalue weighted by Gasteiger charge is 2.43. The molecule has 0 radical (unpaired) electrons. The molecule has 2 aromatic rings. The quantitative estimate of drug-likeness (QED) is 0.716. The molecule has 0 saturated heterocycles. The van der Waals surface area contributed by atoms with Crippen molar-refractivity contribution in [2.45, 2.75) is 26.4 Å². The summed E-state index contributed by atoms with van der Waals surface area (Å²) in [6.45, 7) is 3.72. The maximum Gasteiger partial charge on any atom is 0.255 e. The van der Waals surface area contributed by atoms with Gasteiger partial charge in [-0.05, 0) is 41.5 Å². The highest BCUT2D eigenvalue weighted by Crippen LogP contribution is 2.36. The van der Waals surface area contributed by atoms with Gasteiger partial charge in [0.15, 0.2) is 0 Å². The number of aliphatic hydroxyl groups is 1. The van der Waals surface area contributed by atoms with Crippen molar-refractivity contribution in [1.82, 2.24) is 10.2 Å². The number of nitrogens with one attached hydrogen (secondary N) is 1. The molecule has 1 heterocycles. The zero-order chi connectivity index (χ0) is 21.3. The minimum Gasteiger partial charge on any atom is -0.396 e. The number of nitrogens with zero attached hydrogens (tertiary/aromatic N) is 1. The largest absolute Gasteiger partial charge is 0.396 e. The van der Waals surface area contributed by atoms with E-state index in [4.69, 9.17) is 23.2 Å². The lowest BCUT2D eigenvalue weighted by atomic mass is 9.93. The summed E-state index contributed by atoms with van der Waals surface area (Å²) < 4.78 is 13.9. The van der Waals surface area contributed by atoms with Gasteiger partial charge >= 0.3 is 0 Å². The molecule has 1 unspecified atom stereocenters. The molecule has 2 N–H and O–H groups in total. The average molecular weight is 439 g/mol. The van der Waals surface area contributed by atoms with E-state index in [-0.39, 0.29) is 31.2 Å². The van der Waals surface area contributed by atoms with Crippen molar-refractivity contribution in [2.75, 3.05) is 13.2 Å². The maximum atomic E-state index is 13.9. The third kappa shape index (κ3) is 4.55. The molecule has 0 bridgehead atoms. The van der Waals surface area contributed by atoms with E-state index in [1.165, 1.54) is 23.1 Å². The van der Waals surface area contributed by atoms with E-state index in [0.29, 0.717) is 15.6 Å². The fourth-order valence-corrected chi connectivity index (χ4v) is 3.61. The molecule has 0 fully saturated rings. The topological polar surface area (TPSA) is 69.6 Å². The summed E-state index contributed by atoms with van der Waals surface area (Å²) in [6.07, 6.45) is 0. The predicted molar refractivity (Wildman–Crippen MR) is 109 cm³/mol. The number of halogens is 3. The van der Waals surface area contributed by atoms with Crippen molar-refractivity contribution in [3.05, 3.63) is 69.0 Å². The first-order chi connectivity index (χ1) is 13.6. The Morgan fingerprint density at radius 3 is 2.59 bits per heavy atom. The van der Waals surface area contributed by atoms with Crippen LogP contribution in [0.25, 0.3) is 0 Å². The fourth-order valence-electron chi connectivity index (χ4n) is 3.29. The standard InChI is InChI=1S/C21H21Cl2FN2O3/c1-21(2,11-27)10-26-18(15-8-13(24)4-5-14(15)20(26)29)19(28)25-9-12-3-6-16(22)17(23)7-12/h3-8,18,27H,9-11H2,1-2H3,(H,25,28). The van der Waals surface area contributed by atoms with Gasteiger partial charge in [-0.2, -0.15) is 0 Å². The van der Waals surface area contributed by atoms with Crippen LogP contribution in [0.2, 0.25) is 10.0 Å². The Kier molecular flexibility index (Phi) is 6.17. The molecule has 0 spiro atoms. The fraction of sp³-hybridized carbons (Fsp3) is 0.333. The number of rotatable bonds is 6. The van der Waals surface area contributed by atoms with Gasteiger partial charge < -0.3 is 15.3 Å². The van der Waals surface area contributed by atoms with Crippen LogP contribution >= 0.6 is 23.2 Å². The van der Waals surface area contributed by atoms with Gasteiger partial charge in [-0.25, -0.2) is 4.39 Å². The lowest BCUT2D eigenvalue weighted by Crippen LogP contribution is -2.44. The van der Waals surface area contributed by atoms with E-state index >= 15 is 0 Å². The van der Waals surface area contributed by atoms with Crippen molar-refractivity contribution < 1.29 is 19.1 Å². The van der Waals surface area contributed by atoms with Crippen molar-refractivity contribution in [3.63, 3.8) is 0 Å². The van der Waals surface area contributed by atoms with Crippen LogP contribution in [0.1, 0.15) is 41.4 Å². The van der Waals surface area contributed by atoms with Gasteiger partial charge in [0.25, 0.3) is 5.91 Å². The second-order valence-corrected chi connectivity index (χ2v) is 8.67. The second-order valence-electron chi connectivity index (χ2n) is 7.86. The van der Waals surface area contributed by atoms with Crippen LogP contribution < -0.4 is 5.32 Å². The summed E-state index contributed by atoms with van der Waals surface area (Å²) in [6, 6.07) is 7.81. The molecule has 1 aliphatic rings. The summed E-state index contributed by atoms with van der Waals surface area (Å²) in [5, 5.41) is 13.2.